The van der Waals surface area contributed by atoms with Crippen LogP contribution in [-0.4, -0.2) is 50.1 Å². The van der Waals surface area contributed by atoms with Crippen LogP contribution in [0.25, 0.3) is 0 Å². The van der Waals surface area contributed by atoms with Crippen molar-refractivity contribution in [3.8, 4) is 0 Å². The van der Waals surface area contributed by atoms with Gasteiger partial charge in [-0.25, -0.2) is 0 Å². The van der Waals surface area contributed by atoms with Crippen LogP contribution in [0.3, 0.4) is 0 Å². The quantitative estimate of drug-likeness (QED) is 0.528. The molecule has 0 unspecified atom stereocenters. The minimum Gasteiger partial charge on any atom is -0.353 e. The van der Waals surface area contributed by atoms with Crippen molar-refractivity contribution in [2.45, 2.75) is 37.6 Å². The van der Waals surface area contributed by atoms with Crippen molar-refractivity contribution < 1.29 is 4.79 Å². The summed E-state index contributed by atoms with van der Waals surface area (Å²) in [4.78, 5) is 14.0. The summed E-state index contributed by atoms with van der Waals surface area (Å²) in [5, 5.41) is 6.08. The Balaban J connectivity index is 2.37. The molecule has 4 nitrogen and oxygen atoms in total. The number of amides is 1. The zero-order chi connectivity index (χ0) is 13.4. The molecule has 0 radical (unpaired) electrons. The number of carbonyl (C=O) groups is 1. The van der Waals surface area contributed by atoms with Gasteiger partial charge in [0, 0.05) is 18.6 Å². The molecular formula is C14H27N3O. The molecule has 1 amide bonds. The second-order valence-corrected chi connectivity index (χ2v) is 5.38. The normalized spacial score (nSPS) is 18.6. The van der Waals surface area contributed by atoms with Gasteiger partial charge in [0.1, 0.15) is 0 Å². The Morgan fingerprint density at radius 2 is 2.00 bits per heavy atom. The van der Waals surface area contributed by atoms with Crippen LogP contribution in [0.4, 0.5) is 0 Å². The molecule has 0 aliphatic heterocycles. The number of nitrogens with one attached hydrogen (secondary N) is 2. The maximum Gasteiger partial charge on any atom is 0.234 e. The van der Waals surface area contributed by atoms with Crippen LogP contribution in [0.15, 0.2) is 12.7 Å². The van der Waals surface area contributed by atoms with Crippen molar-refractivity contribution in [1.29, 1.82) is 0 Å². The smallest absolute Gasteiger partial charge is 0.234 e. The lowest BCUT2D eigenvalue weighted by molar-refractivity contribution is -0.120. The van der Waals surface area contributed by atoms with Crippen molar-refractivity contribution in [2.24, 2.45) is 0 Å². The Bertz CT molecular complexity index is 270. The standard InChI is InChI=1S/C14H27N3O/c1-4-10-15-11-13(18)16-12-14(17(2)3)8-6-5-7-9-14/h4,15H,1,5-12H2,2-3H3,(H,16,18). The van der Waals surface area contributed by atoms with Gasteiger partial charge in [-0.05, 0) is 26.9 Å². The van der Waals surface area contributed by atoms with Gasteiger partial charge in [-0.2, -0.15) is 0 Å². The highest BCUT2D eigenvalue weighted by atomic mass is 16.1. The largest absolute Gasteiger partial charge is 0.353 e. The molecule has 0 saturated heterocycles. The predicted octanol–water partition coefficient (Wildman–Crippen LogP) is 1.14. The molecule has 0 aromatic carbocycles. The molecule has 1 fully saturated rings. The Labute approximate surface area is 111 Å². The van der Waals surface area contributed by atoms with E-state index in [0.29, 0.717) is 13.1 Å². The average Bonchev–Trinajstić information content (AvgIpc) is 2.37. The van der Waals surface area contributed by atoms with Gasteiger partial charge in [0.2, 0.25) is 5.91 Å². The van der Waals surface area contributed by atoms with Gasteiger partial charge in [0.15, 0.2) is 0 Å². The van der Waals surface area contributed by atoms with Crippen LogP contribution in [-0.2, 0) is 4.79 Å². The first-order valence-corrected chi connectivity index (χ1v) is 6.86. The van der Waals surface area contributed by atoms with Crippen molar-refractivity contribution in [2.75, 3.05) is 33.7 Å². The Kier molecular flexibility index (Phi) is 6.36. The molecular weight excluding hydrogens is 226 g/mol. The molecule has 104 valence electrons. The van der Waals surface area contributed by atoms with E-state index in [-0.39, 0.29) is 11.4 Å². The first-order chi connectivity index (χ1) is 8.60. The highest BCUT2D eigenvalue weighted by Gasteiger charge is 2.34. The molecule has 1 rings (SSSR count). The molecule has 1 aliphatic carbocycles. The molecule has 4 heteroatoms. The van der Waals surface area contributed by atoms with Crippen molar-refractivity contribution in [1.82, 2.24) is 15.5 Å². The van der Waals surface area contributed by atoms with Gasteiger partial charge in [-0.1, -0.05) is 25.3 Å². The van der Waals surface area contributed by atoms with Gasteiger partial charge in [-0.3, -0.25) is 4.79 Å². The first-order valence-electron chi connectivity index (χ1n) is 6.86. The van der Waals surface area contributed by atoms with Crippen molar-refractivity contribution in [3.63, 3.8) is 0 Å². The third kappa shape index (κ3) is 4.42. The summed E-state index contributed by atoms with van der Waals surface area (Å²) in [6.45, 7) is 5.41. The maximum absolute atomic E-state index is 11.7. The summed E-state index contributed by atoms with van der Waals surface area (Å²) in [5.41, 5.74) is 0.159. The lowest BCUT2D eigenvalue weighted by Crippen LogP contribution is -2.54. The second-order valence-electron chi connectivity index (χ2n) is 5.38. The maximum atomic E-state index is 11.7. The number of hydrogen-bond donors (Lipinski definition) is 2. The average molecular weight is 253 g/mol. The van der Waals surface area contributed by atoms with Crippen molar-refractivity contribution >= 4 is 5.91 Å². The third-order valence-electron chi connectivity index (χ3n) is 3.92. The van der Waals surface area contributed by atoms with E-state index in [9.17, 15) is 4.79 Å². The van der Waals surface area contributed by atoms with Gasteiger partial charge in [-0.15, -0.1) is 6.58 Å². The lowest BCUT2D eigenvalue weighted by atomic mass is 9.80. The molecule has 0 aromatic heterocycles. The number of hydrogen-bond acceptors (Lipinski definition) is 3. The molecule has 18 heavy (non-hydrogen) atoms. The molecule has 0 heterocycles. The van der Waals surface area contributed by atoms with Gasteiger partial charge < -0.3 is 15.5 Å². The number of rotatable bonds is 7. The van der Waals surface area contributed by atoms with Crippen LogP contribution in [0, 0.1) is 0 Å². The zero-order valence-corrected chi connectivity index (χ0v) is 11.8. The lowest BCUT2D eigenvalue weighted by Gasteiger charge is -2.43. The Hall–Kier alpha value is -0.870. The van der Waals surface area contributed by atoms with E-state index < -0.39 is 0 Å². The van der Waals surface area contributed by atoms with Crippen LogP contribution in [0.2, 0.25) is 0 Å². The highest BCUT2D eigenvalue weighted by molar-refractivity contribution is 5.78. The SMILES string of the molecule is C=CCNCC(=O)NCC1(N(C)C)CCCCC1. The zero-order valence-electron chi connectivity index (χ0n) is 11.8. The summed E-state index contributed by atoms with van der Waals surface area (Å²) in [7, 11) is 4.24. The fourth-order valence-corrected chi connectivity index (χ4v) is 2.61. The first kappa shape index (κ1) is 15.2. The molecule has 0 spiro atoms. The highest BCUT2D eigenvalue weighted by Crippen LogP contribution is 2.31. The molecule has 0 bridgehead atoms. The van der Waals surface area contributed by atoms with Crippen LogP contribution in [0.5, 0.6) is 0 Å². The second kappa shape index (κ2) is 7.54. The van der Waals surface area contributed by atoms with Gasteiger partial charge in [0.05, 0.1) is 6.54 Å². The van der Waals surface area contributed by atoms with E-state index in [1.165, 1.54) is 32.1 Å². The van der Waals surface area contributed by atoms with E-state index in [1.54, 1.807) is 6.08 Å². The number of nitrogens with zero attached hydrogens (tertiary/aromatic N) is 1. The molecule has 0 atom stereocenters. The summed E-state index contributed by atoms with van der Waals surface area (Å²) in [5.74, 6) is 0.0728. The fourth-order valence-electron chi connectivity index (χ4n) is 2.61. The summed E-state index contributed by atoms with van der Waals surface area (Å²) < 4.78 is 0. The number of likely N-dealkylation sites (N-methyl/N-ethyl adjacent to an activating group) is 1. The van der Waals surface area contributed by atoms with Crippen LogP contribution >= 0.6 is 0 Å². The van der Waals surface area contributed by atoms with Crippen LogP contribution in [0.1, 0.15) is 32.1 Å². The van der Waals surface area contributed by atoms with E-state index in [2.05, 4.69) is 36.2 Å². The molecule has 2 N–H and O–H groups in total. The minimum absolute atomic E-state index is 0.0728. The fraction of sp³-hybridized carbons (Fsp3) is 0.786. The Morgan fingerprint density at radius 1 is 1.33 bits per heavy atom. The van der Waals surface area contributed by atoms with Crippen molar-refractivity contribution in [3.05, 3.63) is 12.7 Å². The number of carbonyl (C=O) groups excluding carboxylic acids is 1. The van der Waals surface area contributed by atoms with Gasteiger partial charge in [0.25, 0.3) is 0 Å². The monoisotopic (exact) mass is 253 g/mol. The summed E-state index contributed by atoms with van der Waals surface area (Å²) in [6.07, 6.45) is 7.98. The summed E-state index contributed by atoms with van der Waals surface area (Å²) in [6, 6.07) is 0. The molecule has 1 saturated carbocycles. The van der Waals surface area contributed by atoms with E-state index >= 15 is 0 Å². The summed E-state index contributed by atoms with van der Waals surface area (Å²) >= 11 is 0. The molecule has 0 aromatic rings. The van der Waals surface area contributed by atoms with Crippen LogP contribution < -0.4 is 10.6 Å². The topological polar surface area (TPSA) is 44.4 Å². The Morgan fingerprint density at radius 3 is 2.56 bits per heavy atom. The van der Waals surface area contributed by atoms with E-state index in [1.807, 2.05) is 0 Å². The van der Waals surface area contributed by atoms with E-state index in [4.69, 9.17) is 0 Å². The van der Waals surface area contributed by atoms with Gasteiger partial charge >= 0.3 is 0 Å². The molecule has 1 aliphatic rings. The minimum atomic E-state index is 0.0728. The van der Waals surface area contributed by atoms with E-state index in [0.717, 1.165) is 6.54 Å². The third-order valence-corrected chi connectivity index (χ3v) is 3.92. The predicted molar refractivity (Wildman–Crippen MR) is 75.6 cm³/mol.